The number of methoxy groups -OCH3 is 2. The van der Waals surface area contributed by atoms with Gasteiger partial charge in [-0.25, -0.2) is 0 Å². The molecule has 0 saturated carbocycles. The van der Waals surface area contributed by atoms with Crippen LogP contribution in [0.5, 0.6) is 11.5 Å². The van der Waals surface area contributed by atoms with Crippen molar-refractivity contribution in [2.45, 2.75) is 12.5 Å². The third kappa shape index (κ3) is 5.52. The number of rotatable bonds is 8. The number of aromatic amines is 1. The largest absolute Gasteiger partial charge is 0.497 e. The van der Waals surface area contributed by atoms with Crippen molar-refractivity contribution in [2.75, 3.05) is 31.5 Å². The minimum atomic E-state index is -0.588. The van der Waals surface area contributed by atoms with Crippen molar-refractivity contribution in [3.8, 4) is 22.9 Å². The molecule has 2 rings (SSSR count). The Balaban J connectivity index is 0.00000312. The van der Waals surface area contributed by atoms with E-state index in [2.05, 4.69) is 20.5 Å². The Bertz CT molecular complexity index is 698. The second-order valence-corrected chi connectivity index (χ2v) is 5.94. The summed E-state index contributed by atoms with van der Waals surface area (Å²) in [6, 6.07) is 4.74. The van der Waals surface area contributed by atoms with Gasteiger partial charge in [0.2, 0.25) is 11.9 Å². The lowest BCUT2D eigenvalue weighted by atomic mass is 10.2. The standard InChI is InChI=1S/C15H21N5O3S.ClH/c1-22-9-4-5-10(12(8-9)23-2)13-17-15(20-19-13)18-14(21)11(16)6-7-24-3;/h4-5,8,11H,6-7,16H2,1-3H3,(H2,17,18,19,20,21);1H. The van der Waals surface area contributed by atoms with Gasteiger partial charge in [0, 0.05) is 6.07 Å². The average Bonchev–Trinajstić information content (AvgIpc) is 3.07. The Labute approximate surface area is 156 Å². The van der Waals surface area contributed by atoms with Gasteiger partial charge in [0.05, 0.1) is 25.8 Å². The molecular weight excluding hydrogens is 366 g/mol. The molecule has 0 fully saturated rings. The Morgan fingerprint density at radius 1 is 1.40 bits per heavy atom. The first-order valence-corrected chi connectivity index (χ1v) is 8.68. The summed E-state index contributed by atoms with van der Waals surface area (Å²) in [4.78, 5) is 16.3. The number of thioether (sulfide) groups is 1. The van der Waals surface area contributed by atoms with Crippen molar-refractivity contribution < 1.29 is 14.3 Å². The first-order chi connectivity index (χ1) is 11.6. The van der Waals surface area contributed by atoms with E-state index in [0.717, 1.165) is 5.75 Å². The van der Waals surface area contributed by atoms with Crippen molar-refractivity contribution >= 4 is 36.0 Å². The van der Waals surface area contributed by atoms with Gasteiger partial charge in [0.15, 0.2) is 5.82 Å². The van der Waals surface area contributed by atoms with Gasteiger partial charge in [0.1, 0.15) is 11.5 Å². The van der Waals surface area contributed by atoms with Crippen LogP contribution in [0, 0.1) is 0 Å². The molecule has 0 spiro atoms. The van der Waals surface area contributed by atoms with Gasteiger partial charge in [-0.05, 0) is 30.6 Å². The number of hydrogen-bond acceptors (Lipinski definition) is 7. The molecule has 0 aliphatic heterocycles. The Kier molecular flexibility index (Phi) is 8.53. The normalized spacial score (nSPS) is 11.4. The van der Waals surface area contributed by atoms with Gasteiger partial charge in [-0.1, -0.05) is 0 Å². The number of anilines is 1. The number of amides is 1. The van der Waals surface area contributed by atoms with Gasteiger partial charge >= 0.3 is 0 Å². The van der Waals surface area contributed by atoms with Crippen LogP contribution >= 0.6 is 24.2 Å². The fourth-order valence-corrected chi connectivity index (χ4v) is 2.50. The zero-order valence-corrected chi connectivity index (χ0v) is 15.9. The summed E-state index contributed by atoms with van der Waals surface area (Å²) >= 11 is 1.64. The van der Waals surface area contributed by atoms with E-state index in [0.29, 0.717) is 29.3 Å². The zero-order valence-electron chi connectivity index (χ0n) is 14.2. The summed E-state index contributed by atoms with van der Waals surface area (Å²) in [7, 11) is 3.14. The molecule has 1 atom stereocenters. The number of hydrogen-bond donors (Lipinski definition) is 3. The molecule has 1 heterocycles. The monoisotopic (exact) mass is 387 g/mol. The molecular formula is C15H22ClN5O3S. The lowest BCUT2D eigenvalue weighted by Gasteiger charge is -2.09. The molecule has 1 unspecified atom stereocenters. The van der Waals surface area contributed by atoms with Crippen LogP contribution in [-0.4, -0.2) is 53.4 Å². The fourth-order valence-electron chi connectivity index (χ4n) is 2.01. The molecule has 138 valence electrons. The summed E-state index contributed by atoms with van der Waals surface area (Å²) in [5.74, 6) is 2.41. The second kappa shape index (κ2) is 10.1. The van der Waals surface area contributed by atoms with E-state index < -0.39 is 6.04 Å². The van der Waals surface area contributed by atoms with Crippen molar-refractivity contribution in [2.24, 2.45) is 5.73 Å². The number of ether oxygens (including phenoxy) is 2. The summed E-state index contributed by atoms with van der Waals surface area (Å²) in [5, 5.41) is 9.39. The third-order valence-corrected chi connectivity index (χ3v) is 4.00. The topological polar surface area (TPSA) is 115 Å². The molecule has 25 heavy (non-hydrogen) atoms. The number of benzene rings is 1. The van der Waals surface area contributed by atoms with Crippen LogP contribution in [0.25, 0.3) is 11.4 Å². The predicted octanol–water partition coefficient (Wildman–Crippen LogP) is 1.93. The highest BCUT2D eigenvalue weighted by atomic mass is 35.5. The number of nitrogens with two attached hydrogens (primary N) is 1. The predicted molar refractivity (Wildman–Crippen MR) is 102 cm³/mol. The van der Waals surface area contributed by atoms with Gasteiger partial charge in [-0.2, -0.15) is 16.7 Å². The van der Waals surface area contributed by atoms with E-state index in [1.54, 1.807) is 44.2 Å². The number of H-pyrrole nitrogens is 1. The Hall–Kier alpha value is -1.97. The maximum Gasteiger partial charge on any atom is 0.249 e. The van der Waals surface area contributed by atoms with E-state index in [4.69, 9.17) is 15.2 Å². The van der Waals surface area contributed by atoms with Crippen LogP contribution < -0.4 is 20.5 Å². The summed E-state index contributed by atoms with van der Waals surface area (Å²) in [6.45, 7) is 0. The molecule has 10 heteroatoms. The molecule has 4 N–H and O–H groups in total. The zero-order chi connectivity index (χ0) is 17.5. The smallest absolute Gasteiger partial charge is 0.249 e. The summed E-state index contributed by atoms with van der Waals surface area (Å²) < 4.78 is 10.5. The number of carbonyl (C=O) groups excluding carboxylic acids is 1. The van der Waals surface area contributed by atoms with Crippen LogP contribution in [0.2, 0.25) is 0 Å². The maximum absolute atomic E-state index is 12.0. The molecule has 0 radical (unpaired) electrons. The van der Waals surface area contributed by atoms with Crippen molar-refractivity contribution in [3.63, 3.8) is 0 Å². The fraction of sp³-hybridized carbons (Fsp3) is 0.400. The molecule has 0 aliphatic rings. The van der Waals surface area contributed by atoms with Crippen molar-refractivity contribution in [1.82, 2.24) is 15.2 Å². The molecule has 1 amide bonds. The molecule has 0 aliphatic carbocycles. The first kappa shape index (κ1) is 21.1. The van der Waals surface area contributed by atoms with Gasteiger partial charge in [-0.3, -0.25) is 15.2 Å². The highest BCUT2D eigenvalue weighted by Gasteiger charge is 2.17. The summed E-state index contributed by atoms with van der Waals surface area (Å²) in [6.07, 6.45) is 2.56. The lowest BCUT2D eigenvalue weighted by Crippen LogP contribution is -2.36. The Morgan fingerprint density at radius 3 is 2.80 bits per heavy atom. The number of carbonyl (C=O) groups is 1. The van der Waals surface area contributed by atoms with Crippen LogP contribution in [0.1, 0.15) is 6.42 Å². The summed E-state index contributed by atoms with van der Waals surface area (Å²) in [5.41, 5.74) is 6.53. The van der Waals surface area contributed by atoms with Gasteiger partial charge < -0.3 is 15.2 Å². The van der Waals surface area contributed by atoms with E-state index in [1.807, 2.05) is 6.26 Å². The highest BCUT2D eigenvalue weighted by molar-refractivity contribution is 7.98. The average molecular weight is 388 g/mol. The van der Waals surface area contributed by atoms with E-state index in [-0.39, 0.29) is 24.3 Å². The third-order valence-electron chi connectivity index (χ3n) is 3.35. The minimum absolute atomic E-state index is 0. The molecule has 8 nitrogen and oxygen atoms in total. The number of nitrogens with zero attached hydrogens (tertiary/aromatic N) is 2. The molecule has 0 saturated heterocycles. The number of halogens is 1. The van der Waals surface area contributed by atoms with Crippen LogP contribution in [0.3, 0.4) is 0 Å². The second-order valence-electron chi connectivity index (χ2n) is 4.95. The number of nitrogens with one attached hydrogen (secondary N) is 2. The molecule has 1 aromatic carbocycles. The van der Waals surface area contributed by atoms with Crippen LogP contribution in [0.15, 0.2) is 18.2 Å². The molecule has 2 aromatic rings. The number of aromatic nitrogens is 3. The highest BCUT2D eigenvalue weighted by Crippen LogP contribution is 2.31. The van der Waals surface area contributed by atoms with Gasteiger partial charge in [-0.15, -0.1) is 17.5 Å². The van der Waals surface area contributed by atoms with Crippen LogP contribution in [-0.2, 0) is 4.79 Å². The van der Waals surface area contributed by atoms with E-state index in [9.17, 15) is 4.79 Å². The van der Waals surface area contributed by atoms with E-state index in [1.165, 1.54) is 0 Å². The van der Waals surface area contributed by atoms with Gasteiger partial charge in [0.25, 0.3) is 0 Å². The lowest BCUT2D eigenvalue weighted by molar-refractivity contribution is -0.117. The maximum atomic E-state index is 12.0. The van der Waals surface area contributed by atoms with Crippen LogP contribution in [0.4, 0.5) is 5.95 Å². The molecule has 0 bridgehead atoms. The first-order valence-electron chi connectivity index (χ1n) is 7.29. The molecule has 1 aromatic heterocycles. The van der Waals surface area contributed by atoms with E-state index >= 15 is 0 Å². The van der Waals surface area contributed by atoms with Crippen molar-refractivity contribution in [3.05, 3.63) is 18.2 Å². The van der Waals surface area contributed by atoms with Crippen molar-refractivity contribution in [1.29, 1.82) is 0 Å². The SMILES string of the molecule is COc1ccc(-c2nc(NC(=O)C(N)CCSC)n[nH]2)c(OC)c1.Cl. The quantitative estimate of drug-likeness (QED) is 0.633. The minimum Gasteiger partial charge on any atom is -0.497 e. The Morgan fingerprint density at radius 2 is 2.16 bits per heavy atom.